The van der Waals surface area contributed by atoms with Crippen LogP contribution >= 0.6 is 0 Å². The van der Waals surface area contributed by atoms with Gasteiger partial charge in [0.2, 0.25) is 5.91 Å². The van der Waals surface area contributed by atoms with E-state index in [9.17, 15) is 4.79 Å². The van der Waals surface area contributed by atoms with E-state index in [-0.39, 0.29) is 11.8 Å². The van der Waals surface area contributed by atoms with Crippen molar-refractivity contribution < 1.29 is 4.79 Å². The lowest BCUT2D eigenvalue weighted by atomic mass is 9.98. The van der Waals surface area contributed by atoms with Crippen LogP contribution in [-0.2, 0) is 4.79 Å². The molecule has 1 heterocycles. The van der Waals surface area contributed by atoms with Gasteiger partial charge in [-0.15, -0.1) is 0 Å². The van der Waals surface area contributed by atoms with Gasteiger partial charge < -0.3 is 5.32 Å². The largest absolute Gasteiger partial charge is 0.311 e. The normalized spacial score (nSPS) is 12.4. The first-order valence-corrected chi connectivity index (χ1v) is 5.58. The molecule has 1 unspecified atom stereocenters. The molecule has 1 aromatic heterocycles. The Kier molecular flexibility index (Phi) is 4.87. The summed E-state index contributed by atoms with van der Waals surface area (Å²) in [7, 11) is 0. The SMILES string of the molecule is CCCCC(CC)C(=O)Nc1ccn[nH]1. The molecule has 1 amide bonds. The molecule has 84 valence electrons. The van der Waals surface area contributed by atoms with E-state index >= 15 is 0 Å². The lowest BCUT2D eigenvalue weighted by molar-refractivity contribution is -0.120. The Morgan fingerprint density at radius 3 is 2.93 bits per heavy atom. The van der Waals surface area contributed by atoms with Crippen LogP contribution in [0.15, 0.2) is 12.3 Å². The average Bonchev–Trinajstić information content (AvgIpc) is 2.71. The number of rotatable bonds is 6. The molecule has 4 nitrogen and oxygen atoms in total. The number of nitrogens with one attached hydrogen (secondary N) is 2. The fourth-order valence-electron chi connectivity index (χ4n) is 1.53. The van der Waals surface area contributed by atoms with E-state index in [0.29, 0.717) is 5.82 Å². The second-order valence-corrected chi connectivity index (χ2v) is 3.71. The topological polar surface area (TPSA) is 57.8 Å². The molecule has 1 aromatic rings. The number of carbonyl (C=O) groups is 1. The zero-order valence-electron chi connectivity index (χ0n) is 9.42. The fourth-order valence-corrected chi connectivity index (χ4v) is 1.53. The van der Waals surface area contributed by atoms with Crippen LogP contribution in [0, 0.1) is 5.92 Å². The van der Waals surface area contributed by atoms with E-state index in [0.717, 1.165) is 25.7 Å². The minimum atomic E-state index is 0.0928. The number of hydrogen-bond acceptors (Lipinski definition) is 2. The Labute approximate surface area is 90.5 Å². The van der Waals surface area contributed by atoms with E-state index < -0.39 is 0 Å². The van der Waals surface area contributed by atoms with Gasteiger partial charge in [-0.2, -0.15) is 5.10 Å². The van der Waals surface area contributed by atoms with E-state index in [1.165, 1.54) is 0 Å². The number of H-pyrrole nitrogens is 1. The van der Waals surface area contributed by atoms with E-state index in [1.807, 2.05) is 6.92 Å². The number of nitrogens with zero attached hydrogens (tertiary/aromatic N) is 1. The summed E-state index contributed by atoms with van der Waals surface area (Å²) in [6, 6.07) is 1.75. The number of unbranched alkanes of at least 4 members (excludes halogenated alkanes) is 1. The molecule has 0 spiro atoms. The molecule has 0 bridgehead atoms. The summed E-state index contributed by atoms with van der Waals surface area (Å²) in [6.45, 7) is 4.19. The quantitative estimate of drug-likeness (QED) is 0.756. The molecule has 1 rings (SSSR count). The zero-order valence-corrected chi connectivity index (χ0v) is 9.42. The minimum Gasteiger partial charge on any atom is -0.311 e. The molecule has 0 fully saturated rings. The van der Waals surface area contributed by atoms with E-state index in [1.54, 1.807) is 12.3 Å². The third-order valence-electron chi connectivity index (χ3n) is 2.53. The van der Waals surface area contributed by atoms with Crippen molar-refractivity contribution in [3.8, 4) is 0 Å². The highest BCUT2D eigenvalue weighted by Crippen LogP contribution is 2.14. The molecule has 15 heavy (non-hydrogen) atoms. The fraction of sp³-hybridized carbons (Fsp3) is 0.636. The lowest BCUT2D eigenvalue weighted by Gasteiger charge is -2.13. The van der Waals surface area contributed by atoms with Crippen molar-refractivity contribution in [3.05, 3.63) is 12.3 Å². The van der Waals surface area contributed by atoms with Crippen molar-refractivity contribution in [2.75, 3.05) is 5.32 Å². The maximum atomic E-state index is 11.8. The van der Waals surface area contributed by atoms with Gasteiger partial charge in [-0.1, -0.05) is 26.7 Å². The summed E-state index contributed by atoms with van der Waals surface area (Å²) in [4.78, 5) is 11.8. The van der Waals surface area contributed by atoms with Crippen LogP contribution in [0.25, 0.3) is 0 Å². The number of aromatic nitrogens is 2. The van der Waals surface area contributed by atoms with Gasteiger partial charge in [0.15, 0.2) is 0 Å². The van der Waals surface area contributed by atoms with Gasteiger partial charge in [0, 0.05) is 12.0 Å². The van der Waals surface area contributed by atoms with Crippen LogP contribution in [0.1, 0.15) is 39.5 Å². The summed E-state index contributed by atoms with van der Waals surface area (Å²) >= 11 is 0. The monoisotopic (exact) mass is 209 g/mol. The molecule has 0 aliphatic heterocycles. The Balaban J connectivity index is 2.43. The van der Waals surface area contributed by atoms with Crippen LogP contribution in [-0.4, -0.2) is 16.1 Å². The van der Waals surface area contributed by atoms with E-state index in [2.05, 4.69) is 22.4 Å². The van der Waals surface area contributed by atoms with Gasteiger partial charge >= 0.3 is 0 Å². The number of aromatic amines is 1. The third-order valence-corrected chi connectivity index (χ3v) is 2.53. The molecule has 0 aromatic carbocycles. The highest BCUT2D eigenvalue weighted by atomic mass is 16.1. The van der Waals surface area contributed by atoms with Crippen LogP contribution in [0.2, 0.25) is 0 Å². The Morgan fingerprint density at radius 1 is 1.60 bits per heavy atom. The summed E-state index contributed by atoms with van der Waals surface area (Å²) < 4.78 is 0. The first-order chi connectivity index (χ1) is 7.27. The van der Waals surface area contributed by atoms with Gasteiger partial charge in [0.1, 0.15) is 5.82 Å². The molecular formula is C11H19N3O. The Morgan fingerprint density at radius 2 is 2.40 bits per heavy atom. The highest BCUT2D eigenvalue weighted by molar-refractivity contribution is 5.91. The van der Waals surface area contributed by atoms with Crippen molar-refractivity contribution in [1.82, 2.24) is 10.2 Å². The van der Waals surface area contributed by atoms with Crippen molar-refractivity contribution in [3.63, 3.8) is 0 Å². The highest BCUT2D eigenvalue weighted by Gasteiger charge is 2.15. The lowest BCUT2D eigenvalue weighted by Crippen LogP contribution is -2.22. The molecule has 0 saturated heterocycles. The number of carbonyl (C=O) groups excluding carboxylic acids is 1. The smallest absolute Gasteiger partial charge is 0.228 e. The minimum absolute atomic E-state index is 0.0928. The number of anilines is 1. The summed E-state index contributed by atoms with van der Waals surface area (Å²) in [5, 5.41) is 9.33. The van der Waals surface area contributed by atoms with Crippen molar-refractivity contribution in [1.29, 1.82) is 0 Å². The van der Waals surface area contributed by atoms with Crippen LogP contribution in [0.5, 0.6) is 0 Å². The zero-order chi connectivity index (χ0) is 11.1. The summed E-state index contributed by atoms with van der Waals surface area (Å²) in [5.74, 6) is 0.887. The summed E-state index contributed by atoms with van der Waals surface area (Å²) in [5.41, 5.74) is 0. The molecule has 0 radical (unpaired) electrons. The van der Waals surface area contributed by atoms with Crippen LogP contribution < -0.4 is 5.32 Å². The molecule has 1 atom stereocenters. The summed E-state index contributed by atoms with van der Waals surface area (Å²) in [6.07, 6.45) is 5.72. The molecule has 0 saturated carbocycles. The van der Waals surface area contributed by atoms with Gasteiger partial charge in [-0.05, 0) is 12.8 Å². The Hall–Kier alpha value is -1.32. The van der Waals surface area contributed by atoms with Gasteiger partial charge in [0.25, 0.3) is 0 Å². The number of amides is 1. The number of hydrogen-bond donors (Lipinski definition) is 2. The predicted octanol–water partition coefficient (Wildman–Crippen LogP) is 2.56. The third kappa shape index (κ3) is 3.73. The van der Waals surface area contributed by atoms with Crippen molar-refractivity contribution >= 4 is 11.7 Å². The standard InChI is InChI=1S/C11H19N3O/c1-3-5-6-9(4-2)11(15)13-10-7-8-12-14-10/h7-9H,3-6H2,1-2H3,(H2,12,13,14,15). The maximum Gasteiger partial charge on any atom is 0.228 e. The Bertz CT molecular complexity index is 282. The molecule has 0 aliphatic carbocycles. The van der Waals surface area contributed by atoms with Crippen molar-refractivity contribution in [2.45, 2.75) is 39.5 Å². The van der Waals surface area contributed by atoms with Crippen molar-refractivity contribution in [2.24, 2.45) is 5.92 Å². The van der Waals surface area contributed by atoms with E-state index in [4.69, 9.17) is 0 Å². The van der Waals surface area contributed by atoms with Gasteiger partial charge in [0.05, 0.1) is 6.20 Å². The molecular weight excluding hydrogens is 190 g/mol. The first kappa shape index (κ1) is 11.8. The van der Waals surface area contributed by atoms with Gasteiger partial charge in [-0.25, -0.2) is 0 Å². The molecule has 4 heteroatoms. The second kappa shape index (κ2) is 6.22. The predicted molar refractivity (Wildman–Crippen MR) is 60.5 cm³/mol. The van der Waals surface area contributed by atoms with Crippen LogP contribution in [0.4, 0.5) is 5.82 Å². The molecule has 2 N–H and O–H groups in total. The second-order valence-electron chi connectivity index (χ2n) is 3.71. The average molecular weight is 209 g/mol. The van der Waals surface area contributed by atoms with Gasteiger partial charge in [-0.3, -0.25) is 9.89 Å². The molecule has 0 aliphatic rings. The first-order valence-electron chi connectivity index (χ1n) is 5.58. The van der Waals surface area contributed by atoms with Crippen LogP contribution in [0.3, 0.4) is 0 Å². The maximum absolute atomic E-state index is 11.8.